The van der Waals surface area contributed by atoms with E-state index in [1.165, 1.54) is 6.07 Å². The van der Waals surface area contributed by atoms with Crippen LogP contribution in [0.25, 0.3) is 10.9 Å². The zero-order chi connectivity index (χ0) is 18.7. The predicted octanol–water partition coefficient (Wildman–Crippen LogP) is 4.92. The minimum atomic E-state index is -0.255. The van der Waals surface area contributed by atoms with Crippen molar-refractivity contribution in [2.24, 2.45) is 0 Å². The number of fused-ring (bicyclic) bond motifs is 1. The third-order valence-electron chi connectivity index (χ3n) is 4.15. The topological polar surface area (TPSA) is 49.1 Å². The Morgan fingerprint density at radius 3 is 2.69 bits per heavy atom. The highest BCUT2D eigenvalue weighted by Gasteiger charge is 2.12. The fourth-order valence-corrected chi connectivity index (χ4v) is 3.63. The molecule has 0 aliphatic heterocycles. The molecule has 26 heavy (non-hydrogen) atoms. The number of aromatic amines is 1. The molecule has 0 unspecified atom stereocenters. The number of hydrogen-bond acceptors (Lipinski definition) is 2. The van der Waals surface area contributed by atoms with E-state index in [4.69, 9.17) is 17.0 Å². The Morgan fingerprint density at radius 2 is 2.00 bits per heavy atom. The fourth-order valence-electron chi connectivity index (χ4n) is 2.88. The van der Waals surface area contributed by atoms with Crippen LogP contribution in [0.5, 0.6) is 5.75 Å². The normalized spacial score (nSPS) is 10.8. The molecular weight excluding hydrogens is 417 g/mol. The van der Waals surface area contributed by atoms with Crippen molar-refractivity contribution < 1.29 is 9.13 Å². The number of benzene rings is 2. The average molecular weight is 436 g/mol. The van der Waals surface area contributed by atoms with Gasteiger partial charge in [-0.2, -0.15) is 0 Å². The number of anilines is 1. The smallest absolute Gasteiger partial charge is 0.170 e. The molecule has 3 N–H and O–H groups in total. The van der Waals surface area contributed by atoms with Crippen molar-refractivity contribution in [2.75, 3.05) is 19.0 Å². The van der Waals surface area contributed by atoms with Gasteiger partial charge in [-0.1, -0.05) is 0 Å². The maximum absolute atomic E-state index is 13.7. The van der Waals surface area contributed by atoms with Crippen molar-refractivity contribution in [1.29, 1.82) is 0 Å². The van der Waals surface area contributed by atoms with Crippen LogP contribution in [0, 0.1) is 12.7 Å². The average Bonchev–Trinajstić information content (AvgIpc) is 2.92. The number of rotatable bonds is 5. The van der Waals surface area contributed by atoms with Crippen LogP contribution in [0.2, 0.25) is 0 Å². The highest BCUT2D eigenvalue weighted by Crippen LogP contribution is 2.29. The lowest BCUT2D eigenvalue weighted by Crippen LogP contribution is -2.30. The highest BCUT2D eigenvalue weighted by molar-refractivity contribution is 9.10. The second-order valence-electron chi connectivity index (χ2n) is 5.90. The van der Waals surface area contributed by atoms with Gasteiger partial charge >= 0.3 is 0 Å². The van der Waals surface area contributed by atoms with Crippen LogP contribution in [-0.4, -0.2) is 23.8 Å². The molecule has 0 bridgehead atoms. The summed E-state index contributed by atoms with van der Waals surface area (Å²) in [7, 11) is 1.63. The molecule has 7 heteroatoms. The van der Waals surface area contributed by atoms with E-state index in [1.807, 2.05) is 31.2 Å². The van der Waals surface area contributed by atoms with Gasteiger partial charge in [0.25, 0.3) is 0 Å². The standard InChI is InChI=1S/C19H19BrFN3OS/c1-11-15(16-9-12(21)10-17(20)18(16)23-11)7-8-22-19(26)24-13-3-5-14(25-2)6-4-13/h3-6,9-10,23H,7-8H2,1-2H3,(H2,22,24,26). The molecule has 4 nitrogen and oxygen atoms in total. The van der Waals surface area contributed by atoms with Crippen LogP contribution in [-0.2, 0) is 6.42 Å². The lowest BCUT2D eigenvalue weighted by atomic mass is 10.1. The van der Waals surface area contributed by atoms with E-state index in [0.29, 0.717) is 11.7 Å². The van der Waals surface area contributed by atoms with Gasteiger partial charge in [0.05, 0.1) is 12.6 Å². The molecule has 0 aliphatic rings. The molecule has 0 saturated carbocycles. The monoisotopic (exact) mass is 435 g/mol. The second-order valence-corrected chi connectivity index (χ2v) is 7.16. The van der Waals surface area contributed by atoms with E-state index in [-0.39, 0.29) is 5.82 Å². The molecule has 0 amide bonds. The van der Waals surface area contributed by atoms with Gasteiger partial charge in [-0.15, -0.1) is 0 Å². The van der Waals surface area contributed by atoms with Crippen molar-refractivity contribution in [3.63, 3.8) is 0 Å². The molecule has 0 aliphatic carbocycles. The molecule has 0 fully saturated rings. The van der Waals surface area contributed by atoms with Crippen LogP contribution in [0.15, 0.2) is 40.9 Å². The number of H-pyrrole nitrogens is 1. The minimum Gasteiger partial charge on any atom is -0.497 e. The highest BCUT2D eigenvalue weighted by atomic mass is 79.9. The largest absolute Gasteiger partial charge is 0.497 e. The summed E-state index contributed by atoms with van der Waals surface area (Å²) in [4.78, 5) is 3.31. The maximum Gasteiger partial charge on any atom is 0.170 e. The summed E-state index contributed by atoms with van der Waals surface area (Å²) in [5, 5.41) is 7.76. The van der Waals surface area contributed by atoms with E-state index in [9.17, 15) is 4.39 Å². The Kier molecular flexibility index (Phi) is 5.78. The molecule has 0 radical (unpaired) electrons. The van der Waals surface area contributed by atoms with Gasteiger partial charge in [-0.25, -0.2) is 4.39 Å². The van der Waals surface area contributed by atoms with E-state index >= 15 is 0 Å². The Balaban J connectivity index is 1.61. The molecule has 1 aromatic heterocycles. The number of halogens is 2. The molecule has 3 aromatic rings. The van der Waals surface area contributed by atoms with Gasteiger partial charge in [0, 0.05) is 27.8 Å². The first kappa shape index (κ1) is 18.7. The predicted molar refractivity (Wildman–Crippen MR) is 112 cm³/mol. The molecule has 1 heterocycles. The number of aromatic nitrogens is 1. The van der Waals surface area contributed by atoms with Crippen LogP contribution in [0.4, 0.5) is 10.1 Å². The molecule has 0 saturated heterocycles. The van der Waals surface area contributed by atoms with E-state index in [0.717, 1.165) is 44.5 Å². The zero-order valence-electron chi connectivity index (χ0n) is 14.5. The van der Waals surface area contributed by atoms with Crippen molar-refractivity contribution >= 4 is 49.9 Å². The van der Waals surface area contributed by atoms with Crippen molar-refractivity contribution in [3.8, 4) is 5.75 Å². The second kappa shape index (κ2) is 8.05. The lowest BCUT2D eigenvalue weighted by Gasteiger charge is -2.11. The molecule has 0 atom stereocenters. The van der Waals surface area contributed by atoms with Crippen LogP contribution in [0.3, 0.4) is 0 Å². The Morgan fingerprint density at radius 1 is 1.27 bits per heavy atom. The summed E-state index contributed by atoms with van der Waals surface area (Å²) < 4.78 is 19.6. The SMILES string of the molecule is COc1ccc(NC(=S)NCCc2c(C)[nH]c3c(Br)cc(F)cc23)cc1. The number of aryl methyl sites for hydroxylation is 1. The summed E-state index contributed by atoms with van der Waals surface area (Å²) in [6, 6.07) is 10.6. The van der Waals surface area contributed by atoms with Crippen LogP contribution < -0.4 is 15.4 Å². The summed E-state index contributed by atoms with van der Waals surface area (Å²) in [5.74, 6) is 0.539. The molecule has 3 rings (SSSR count). The zero-order valence-corrected chi connectivity index (χ0v) is 16.9. The van der Waals surface area contributed by atoms with Crippen LogP contribution >= 0.6 is 28.1 Å². The van der Waals surface area contributed by atoms with E-state index in [1.54, 1.807) is 13.2 Å². The number of ether oxygens (including phenoxy) is 1. The summed E-state index contributed by atoms with van der Waals surface area (Å²) >= 11 is 8.74. The Hall–Kier alpha value is -2.12. The number of hydrogen-bond donors (Lipinski definition) is 3. The first-order valence-corrected chi connectivity index (χ1v) is 9.33. The molecule has 0 spiro atoms. The summed E-state index contributed by atoms with van der Waals surface area (Å²) in [5.41, 5.74) is 3.91. The third-order valence-corrected chi connectivity index (χ3v) is 5.03. The van der Waals surface area contributed by atoms with Gasteiger partial charge in [-0.3, -0.25) is 0 Å². The van der Waals surface area contributed by atoms with E-state index in [2.05, 4.69) is 31.5 Å². The summed E-state index contributed by atoms with van der Waals surface area (Å²) in [6.07, 6.45) is 0.728. The quantitative estimate of drug-likeness (QED) is 0.498. The molecular formula is C19H19BrFN3OS. The van der Waals surface area contributed by atoms with Gasteiger partial charge in [0.1, 0.15) is 11.6 Å². The van der Waals surface area contributed by atoms with Gasteiger partial charge < -0.3 is 20.4 Å². The summed E-state index contributed by atoms with van der Waals surface area (Å²) in [6.45, 7) is 2.64. The van der Waals surface area contributed by atoms with Crippen molar-refractivity contribution in [2.45, 2.75) is 13.3 Å². The van der Waals surface area contributed by atoms with Crippen molar-refractivity contribution in [1.82, 2.24) is 10.3 Å². The third kappa shape index (κ3) is 4.16. The van der Waals surface area contributed by atoms with Gasteiger partial charge in [-0.05, 0) is 83.5 Å². The number of nitrogens with one attached hydrogen (secondary N) is 3. The Labute approximate surface area is 165 Å². The fraction of sp³-hybridized carbons (Fsp3) is 0.211. The first-order valence-electron chi connectivity index (χ1n) is 8.13. The Bertz CT molecular complexity index is 940. The first-order chi connectivity index (χ1) is 12.5. The number of thiocarbonyl (C=S) groups is 1. The molecule has 136 valence electrons. The number of methoxy groups -OCH3 is 1. The van der Waals surface area contributed by atoms with Gasteiger partial charge in [0.15, 0.2) is 5.11 Å². The van der Waals surface area contributed by atoms with E-state index < -0.39 is 0 Å². The van der Waals surface area contributed by atoms with Gasteiger partial charge in [0.2, 0.25) is 0 Å². The molecule has 2 aromatic carbocycles. The maximum atomic E-state index is 13.7. The van der Waals surface area contributed by atoms with Crippen LogP contribution in [0.1, 0.15) is 11.3 Å². The minimum absolute atomic E-state index is 0.255. The van der Waals surface area contributed by atoms with Crippen molar-refractivity contribution in [3.05, 3.63) is 57.9 Å². The lowest BCUT2D eigenvalue weighted by molar-refractivity contribution is 0.415.